The number of benzene rings is 1. The fraction of sp³-hybridized carbons (Fsp3) is 0.111. The van der Waals surface area contributed by atoms with Gasteiger partial charge in [0.05, 0.1) is 0 Å². The average Bonchev–Trinajstić information content (AvgIpc) is 2.96. The number of allylic oxidation sites excluding steroid dienone is 2. The topological polar surface area (TPSA) is 66.4 Å². The lowest BCUT2D eigenvalue weighted by Crippen LogP contribution is -2.18. The molecule has 0 spiro atoms. The Balaban J connectivity index is 2.39. The number of thiophene rings is 1. The maximum atomic E-state index is 11.5. The molecular weight excluding hydrogens is 310 g/mol. The van der Waals surface area contributed by atoms with Gasteiger partial charge in [0, 0.05) is 23.1 Å². The number of aromatic carboxylic acids is 1. The van der Waals surface area contributed by atoms with Gasteiger partial charge in [-0.2, -0.15) is 0 Å². The molecule has 0 bridgehead atoms. The van der Waals surface area contributed by atoms with Crippen molar-refractivity contribution in [3.8, 4) is 0 Å². The maximum absolute atomic E-state index is 11.5. The third-order valence-electron chi connectivity index (χ3n) is 3.20. The largest absolute Gasteiger partial charge is 0.477 e. The molecule has 0 saturated heterocycles. The van der Waals surface area contributed by atoms with E-state index in [1.165, 1.54) is 6.92 Å². The molecule has 118 valence electrons. The Morgan fingerprint density at radius 2 is 1.83 bits per heavy atom. The third kappa shape index (κ3) is 4.17. The van der Waals surface area contributed by atoms with Crippen molar-refractivity contribution in [2.75, 3.05) is 0 Å². The van der Waals surface area contributed by atoms with Crippen LogP contribution in [0.5, 0.6) is 0 Å². The van der Waals surface area contributed by atoms with Crippen molar-refractivity contribution in [3.63, 3.8) is 0 Å². The van der Waals surface area contributed by atoms with Crippen molar-refractivity contribution in [2.24, 2.45) is 0 Å². The van der Waals surface area contributed by atoms with E-state index in [0.29, 0.717) is 11.3 Å². The lowest BCUT2D eigenvalue weighted by Gasteiger charge is -2.12. The molecular formula is C18H17NO3S. The zero-order chi connectivity index (χ0) is 17.0. The van der Waals surface area contributed by atoms with E-state index in [9.17, 15) is 9.59 Å². The zero-order valence-corrected chi connectivity index (χ0v) is 13.7. The number of rotatable bonds is 5. The van der Waals surface area contributed by atoms with Crippen LogP contribution in [0.3, 0.4) is 0 Å². The van der Waals surface area contributed by atoms with Crippen LogP contribution in [0.25, 0.3) is 11.3 Å². The standard InChI is InChI=1S/C18H17NO3S/c1-11-6-4-5-7-14(11)15(19-13(3)20)10-12(2)16-8-9-17(23-16)18(21)22/h4-10H,2H2,1,3H3,(H,19,20)(H,21,22)/b15-10-. The second kappa shape index (κ2) is 7.07. The van der Waals surface area contributed by atoms with E-state index in [2.05, 4.69) is 11.9 Å². The Kier molecular flexibility index (Phi) is 5.13. The Morgan fingerprint density at radius 3 is 2.39 bits per heavy atom. The monoisotopic (exact) mass is 327 g/mol. The molecule has 0 radical (unpaired) electrons. The highest BCUT2D eigenvalue weighted by Gasteiger charge is 2.11. The Labute approximate surface area is 138 Å². The number of amides is 1. The van der Waals surface area contributed by atoms with E-state index in [4.69, 9.17) is 5.11 Å². The smallest absolute Gasteiger partial charge is 0.345 e. The van der Waals surface area contributed by atoms with Crippen LogP contribution in [0.2, 0.25) is 0 Å². The van der Waals surface area contributed by atoms with Gasteiger partial charge in [0.25, 0.3) is 0 Å². The van der Waals surface area contributed by atoms with Crippen LogP contribution in [0.1, 0.15) is 32.6 Å². The molecule has 2 aromatic rings. The van der Waals surface area contributed by atoms with Gasteiger partial charge in [-0.25, -0.2) is 4.79 Å². The van der Waals surface area contributed by atoms with Crippen LogP contribution in [0.4, 0.5) is 0 Å². The van der Waals surface area contributed by atoms with Gasteiger partial charge in [-0.1, -0.05) is 30.8 Å². The number of carbonyl (C=O) groups excluding carboxylic acids is 1. The number of carboxylic acid groups (broad SMARTS) is 1. The number of hydrogen-bond donors (Lipinski definition) is 2. The number of carbonyl (C=O) groups is 2. The first kappa shape index (κ1) is 16.7. The van der Waals surface area contributed by atoms with Crippen LogP contribution in [-0.2, 0) is 4.79 Å². The normalized spacial score (nSPS) is 11.1. The zero-order valence-electron chi connectivity index (χ0n) is 12.9. The Hall–Kier alpha value is -2.66. The first-order valence-electron chi connectivity index (χ1n) is 6.96. The van der Waals surface area contributed by atoms with E-state index in [1.54, 1.807) is 18.2 Å². The summed E-state index contributed by atoms with van der Waals surface area (Å²) in [6.45, 7) is 7.40. The van der Waals surface area contributed by atoms with Gasteiger partial charge in [-0.05, 0) is 36.3 Å². The molecule has 0 aliphatic carbocycles. The van der Waals surface area contributed by atoms with Gasteiger partial charge in [-0.15, -0.1) is 11.3 Å². The third-order valence-corrected chi connectivity index (χ3v) is 4.35. The summed E-state index contributed by atoms with van der Waals surface area (Å²) in [5.74, 6) is -1.14. The van der Waals surface area contributed by atoms with Gasteiger partial charge < -0.3 is 10.4 Å². The van der Waals surface area contributed by atoms with E-state index in [0.717, 1.165) is 27.3 Å². The van der Waals surface area contributed by atoms with Gasteiger partial charge in [0.1, 0.15) is 4.88 Å². The van der Waals surface area contributed by atoms with Crippen LogP contribution in [0.15, 0.2) is 49.1 Å². The summed E-state index contributed by atoms with van der Waals surface area (Å²) in [6.07, 6.45) is 1.77. The summed E-state index contributed by atoms with van der Waals surface area (Å²) in [6, 6.07) is 11.0. The van der Waals surface area contributed by atoms with E-state index in [1.807, 2.05) is 31.2 Å². The summed E-state index contributed by atoms with van der Waals surface area (Å²) in [5, 5.41) is 11.8. The number of carboxylic acids is 1. The molecule has 4 nitrogen and oxygen atoms in total. The first-order chi connectivity index (χ1) is 10.9. The molecule has 23 heavy (non-hydrogen) atoms. The Bertz CT molecular complexity index is 802. The van der Waals surface area contributed by atoms with Crippen molar-refractivity contribution in [3.05, 3.63) is 69.9 Å². The second-order valence-corrected chi connectivity index (χ2v) is 6.13. The van der Waals surface area contributed by atoms with Crippen LogP contribution in [0, 0.1) is 6.92 Å². The molecule has 2 rings (SSSR count). The van der Waals surface area contributed by atoms with E-state index in [-0.39, 0.29) is 10.8 Å². The maximum Gasteiger partial charge on any atom is 0.345 e. The molecule has 1 aromatic heterocycles. The number of hydrogen-bond acceptors (Lipinski definition) is 3. The van der Waals surface area contributed by atoms with Crippen molar-refractivity contribution < 1.29 is 14.7 Å². The number of aryl methyl sites for hydroxylation is 1. The van der Waals surface area contributed by atoms with E-state index < -0.39 is 5.97 Å². The summed E-state index contributed by atoms with van der Waals surface area (Å²) in [4.78, 5) is 23.5. The highest BCUT2D eigenvalue weighted by Crippen LogP contribution is 2.27. The highest BCUT2D eigenvalue weighted by molar-refractivity contribution is 7.15. The van der Waals surface area contributed by atoms with Crippen LogP contribution in [-0.4, -0.2) is 17.0 Å². The Morgan fingerprint density at radius 1 is 1.17 bits per heavy atom. The quantitative estimate of drug-likeness (QED) is 0.817. The fourth-order valence-corrected chi connectivity index (χ4v) is 2.90. The van der Waals surface area contributed by atoms with Gasteiger partial charge in [0.2, 0.25) is 5.91 Å². The summed E-state index contributed by atoms with van der Waals surface area (Å²) in [7, 11) is 0. The summed E-state index contributed by atoms with van der Waals surface area (Å²) < 4.78 is 0. The first-order valence-corrected chi connectivity index (χ1v) is 7.78. The van der Waals surface area contributed by atoms with Crippen molar-refractivity contribution in [1.82, 2.24) is 5.32 Å². The predicted octanol–water partition coefficient (Wildman–Crippen LogP) is 3.95. The summed E-state index contributed by atoms with van der Waals surface area (Å²) >= 11 is 1.15. The predicted molar refractivity (Wildman–Crippen MR) is 93.3 cm³/mol. The van der Waals surface area contributed by atoms with Crippen LogP contribution >= 0.6 is 11.3 Å². The molecule has 2 N–H and O–H groups in total. The minimum Gasteiger partial charge on any atom is -0.477 e. The molecule has 1 heterocycles. The average molecular weight is 327 g/mol. The molecule has 1 aromatic carbocycles. The summed E-state index contributed by atoms with van der Waals surface area (Å²) in [5.41, 5.74) is 3.22. The molecule has 0 fully saturated rings. The van der Waals surface area contributed by atoms with E-state index >= 15 is 0 Å². The minimum absolute atomic E-state index is 0.176. The van der Waals surface area contributed by atoms with Crippen LogP contribution < -0.4 is 5.32 Å². The molecule has 1 amide bonds. The lowest BCUT2D eigenvalue weighted by molar-refractivity contribution is -0.117. The molecule has 0 aliphatic heterocycles. The lowest BCUT2D eigenvalue weighted by atomic mass is 10.0. The van der Waals surface area contributed by atoms with Gasteiger partial charge in [0.15, 0.2) is 0 Å². The molecule has 0 aliphatic rings. The highest BCUT2D eigenvalue weighted by atomic mass is 32.1. The van der Waals surface area contributed by atoms with Crippen molar-refractivity contribution in [1.29, 1.82) is 0 Å². The SMILES string of the molecule is C=C(/C=C(\NC(C)=O)c1ccccc1C)c1ccc(C(=O)O)s1. The van der Waals surface area contributed by atoms with Crippen molar-refractivity contribution in [2.45, 2.75) is 13.8 Å². The second-order valence-electron chi connectivity index (χ2n) is 5.05. The molecule has 0 atom stereocenters. The molecule has 5 heteroatoms. The minimum atomic E-state index is -0.959. The number of nitrogens with one attached hydrogen (secondary N) is 1. The van der Waals surface area contributed by atoms with Gasteiger partial charge in [-0.3, -0.25) is 4.79 Å². The van der Waals surface area contributed by atoms with Crippen molar-refractivity contribution >= 4 is 34.5 Å². The fourth-order valence-electron chi connectivity index (χ4n) is 2.12. The molecule has 0 saturated carbocycles. The van der Waals surface area contributed by atoms with Gasteiger partial charge >= 0.3 is 5.97 Å². The molecule has 0 unspecified atom stereocenters.